The number of furan rings is 1. The molecule has 1 N–H and O–H groups in total. The fraction of sp³-hybridized carbons (Fsp3) is 0.368. The minimum Gasteiger partial charge on any atom is -0.459 e. The van der Waals surface area contributed by atoms with Crippen molar-refractivity contribution in [2.24, 2.45) is 0 Å². The molecule has 1 aromatic carbocycles. The lowest BCUT2D eigenvalue weighted by Crippen LogP contribution is -2.54. The number of nitrogens with zero attached hydrogens (tertiary/aromatic N) is 2. The van der Waals surface area contributed by atoms with Crippen LogP contribution in [0.1, 0.15) is 22.5 Å². The number of hydrogen-bond acceptors (Lipinski definition) is 4. The number of benzene rings is 1. The van der Waals surface area contributed by atoms with E-state index in [-0.39, 0.29) is 17.9 Å². The van der Waals surface area contributed by atoms with E-state index in [2.05, 4.69) is 16.3 Å². The number of carbonyl (C=O) groups excluding carboxylic acids is 2. The molecule has 2 amide bonds. The Morgan fingerprint density at radius 1 is 1.08 bits per heavy atom. The first-order chi connectivity index (χ1) is 12.2. The van der Waals surface area contributed by atoms with Crippen molar-refractivity contribution in [1.82, 2.24) is 9.80 Å². The van der Waals surface area contributed by atoms with Crippen LogP contribution in [-0.2, 0) is 11.2 Å². The first-order valence-electron chi connectivity index (χ1n) is 8.68. The smallest absolute Gasteiger partial charge is 0.289 e. The van der Waals surface area contributed by atoms with Crippen LogP contribution in [0, 0.1) is 0 Å². The summed E-state index contributed by atoms with van der Waals surface area (Å²) < 4.78 is 5.19. The fourth-order valence-corrected chi connectivity index (χ4v) is 3.64. The van der Waals surface area contributed by atoms with Gasteiger partial charge < -0.3 is 14.6 Å². The number of hydrogen-bond donors (Lipinski definition) is 1. The molecule has 4 rings (SSSR count). The fourth-order valence-electron chi connectivity index (χ4n) is 3.64. The SMILES string of the molecule is O=C1Nc2ccccc2CCC1N1CCN(C(=O)c2ccco2)CC1. The number of carbonyl (C=O) groups is 2. The maximum atomic E-state index is 12.6. The van der Waals surface area contributed by atoms with Crippen molar-refractivity contribution in [1.29, 1.82) is 0 Å². The van der Waals surface area contributed by atoms with Crippen molar-refractivity contribution in [3.8, 4) is 0 Å². The van der Waals surface area contributed by atoms with Crippen molar-refractivity contribution in [3.63, 3.8) is 0 Å². The van der Waals surface area contributed by atoms with Gasteiger partial charge in [0.25, 0.3) is 5.91 Å². The van der Waals surface area contributed by atoms with E-state index in [1.165, 1.54) is 11.8 Å². The summed E-state index contributed by atoms with van der Waals surface area (Å²) in [6, 6.07) is 11.2. The van der Waals surface area contributed by atoms with Gasteiger partial charge in [-0.05, 0) is 36.6 Å². The molecule has 25 heavy (non-hydrogen) atoms. The summed E-state index contributed by atoms with van der Waals surface area (Å²) in [5.74, 6) is 0.342. The number of piperazine rings is 1. The van der Waals surface area contributed by atoms with E-state index < -0.39 is 0 Å². The van der Waals surface area contributed by atoms with Crippen LogP contribution in [0.25, 0.3) is 0 Å². The van der Waals surface area contributed by atoms with Gasteiger partial charge in [-0.1, -0.05) is 18.2 Å². The summed E-state index contributed by atoms with van der Waals surface area (Å²) in [6.45, 7) is 2.61. The average Bonchev–Trinajstić information content (AvgIpc) is 3.12. The Morgan fingerprint density at radius 3 is 2.64 bits per heavy atom. The maximum absolute atomic E-state index is 12.6. The largest absolute Gasteiger partial charge is 0.459 e. The Hall–Kier alpha value is -2.60. The predicted octanol–water partition coefficient (Wildman–Crippen LogP) is 1.99. The van der Waals surface area contributed by atoms with Crippen LogP contribution in [0.2, 0.25) is 0 Å². The van der Waals surface area contributed by atoms with Crippen LogP contribution in [0.15, 0.2) is 47.1 Å². The molecule has 130 valence electrons. The van der Waals surface area contributed by atoms with Crippen LogP contribution in [-0.4, -0.2) is 53.8 Å². The van der Waals surface area contributed by atoms with Gasteiger partial charge in [0.2, 0.25) is 5.91 Å². The van der Waals surface area contributed by atoms with Gasteiger partial charge in [-0.15, -0.1) is 0 Å². The lowest BCUT2D eigenvalue weighted by molar-refractivity contribution is -0.122. The number of amides is 2. The normalized spacial score (nSPS) is 21.4. The second-order valence-corrected chi connectivity index (χ2v) is 6.51. The molecule has 3 heterocycles. The van der Waals surface area contributed by atoms with E-state index in [4.69, 9.17) is 4.42 Å². The van der Waals surface area contributed by atoms with Gasteiger partial charge in [-0.2, -0.15) is 0 Å². The summed E-state index contributed by atoms with van der Waals surface area (Å²) in [4.78, 5) is 29.0. The van der Waals surface area contributed by atoms with Crippen molar-refractivity contribution in [2.75, 3.05) is 31.5 Å². The van der Waals surface area contributed by atoms with Crippen LogP contribution >= 0.6 is 0 Å². The lowest BCUT2D eigenvalue weighted by atomic mass is 10.0. The number of nitrogens with one attached hydrogen (secondary N) is 1. The summed E-state index contributed by atoms with van der Waals surface area (Å²) in [5.41, 5.74) is 2.10. The Morgan fingerprint density at radius 2 is 1.88 bits per heavy atom. The van der Waals surface area contributed by atoms with Gasteiger partial charge in [0.15, 0.2) is 5.76 Å². The van der Waals surface area contributed by atoms with E-state index in [1.807, 2.05) is 18.2 Å². The number of anilines is 1. The molecule has 0 aliphatic carbocycles. The quantitative estimate of drug-likeness (QED) is 0.909. The van der Waals surface area contributed by atoms with Crippen LogP contribution in [0.4, 0.5) is 5.69 Å². The third kappa shape index (κ3) is 3.17. The average molecular weight is 339 g/mol. The zero-order valence-electron chi connectivity index (χ0n) is 14.0. The summed E-state index contributed by atoms with van der Waals surface area (Å²) >= 11 is 0. The van der Waals surface area contributed by atoms with E-state index >= 15 is 0 Å². The Balaban J connectivity index is 1.39. The van der Waals surface area contributed by atoms with Gasteiger partial charge in [0.05, 0.1) is 12.3 Å². The predicted molar refractivity (Wildman–Crippen MR) is 93.4 cm³/mol. The highest BCUT2D eigenvalue weighted by atomic mass is 16.3. The van der Waals surface area contributed by atoms with Crippen LogP contribution in [0.5, 0.6) is 0 Å². The molecule has 1 atom stereocenters. The monoisotopic (exact) mass is 339 g/mol. The van der Waals surface area contributed by atoms with Gasteiger partial charge in [0, 0.05) is 31.9 Å². The van der Waals surface area contributed by atoms with E-state index in [1.54, 1.807) is 17.0 Å². The molecule has 6 heteroatoms. The molecule has 0 saturated carbocycles. The topological polar surface area (TPSA) is 65.8 Å². The third-order valence-corrected chi connectivity index (χ3v) is 5.04. The molecule has 6 nitrogen and oxygen atoms in total. The van der Waals surface area contributed by atoms with Gasteiger partial charge in [-0.25, -0.2) is 0 Å². The van der Waals surface area contributed by atoms with Crippen molar-refractivity contribution < 1.29 is 14.0 Å². The van der Waals surface area contributed by atoms with Gasteiger partial charge in [0.1, 0.15) is 0 Å². The first-order valence-corrected chi connectivity index (χ1v) is 8.68. The second-order valence-electron chi connectivity index (χ2n) is 6.51. The van der Waals surface area contributed by atoms with E-state index in [0.29, 0.717) is 31.9 Å². The second kappa shape index (κ2) is 6.72. The molecular weight excluding hydrogens is 318 g/mol. The van der Waals surface area contributed by atoms with Gasteiger partial charge >= 0.3 is 0 Å². The summed E-state index contributed by atoms with van der Waals surface area (Å²) in [5, 5.41) is 3.05. The molecule has 2 aliphatic heterocycles. The van der Waals surface area contributed by atoms with Crippen LogP contribution < -0.4 is 5.32 Å². The molecule has 2 aromatic rings. The highest BCUT2D eigenvalue weighted by Gasteiger charge is 2.32. The van der Waals surface area contributed by atoms with Gasteiger partial charge in [-0.3, -0.25) is 14.5 Å². The number of aryl methyl sites for hydroxylation is 1. The molecule has 1 saturated heterocycles. The zero-order chi connectivity index (χ0) is 17.2. The first kappa shape index (κ1) is 15.9. The summed E-state index contributed by atoms with van der Waals surface area (Å²) in [7, 11) is 0. The molecule has 1 aromatic heterocycles. The Kier molecular flexibility index (Phi) is 4.28. The number of rotatable bonds is 2. The highest BCUT2D eigenvalue weighted by molar-refractivity contribution is 5.96. The van der Waals surface area contributed by atoms with Crippen LogP contribution in [0.3, 0.4) is 0 Å². The minimum atomic E-state index is -0.145. The third-order valence-electron chi connectivity index (χ3n) is 5.04. The van der Waals surface area contributed by atoms with Crippen molar-refractivity contribution in [3.05, 3.63) is 54.0 Å². The zero-order valence-corrected chi connectivity index (χ0v) is 14.0. The van der Waals surface area contributed by atoms with Crippen molar-refractivity contribution in [2.45, 2.75) is 18.9 Å². The minimum absolute atomic E-state index is 0.0516. The van der Waals surface area contributed by atoms with Crippen molar-refractivity contribution >= 4 is 17.5 Å². The highest BCUT2D eigenvalue weighted by Crippen LogP contribution is 2.24. The standard InChI is InChI=1S/C19H21N3O3/c23-18-16(8-7-14-4-1-2-5-15(14)20-18)21-9-11-22(12-10-21)19(24)17-6-3-13-25-17/h1-6,13,16H,7-12H2,(H,20,23). The molecule has 1 fully saturated rings. The Labute approximate surface area is 146 Å². The van der Waals surface area contributed by atoms with E-state index in [9.17, 15) is 9.59 Å². The maximum Gasteiger partial charge on any atom is 0.289 e. The molecule has 0 radical (unpaired) electrons. The molecule has 2 aliphatic rings. The number of fused-ring (bicyclic) bond motifs is 1. The molecule has 0 spiro atoms. The molecular formula is C19H21N3O3. The number of para-hydroxylation sites is 1. The summed E-state index contributed by atoms with van der Waals surface area (Å²) in [6.07, 6.45) is 3.19. The Bertz CT molecular complexity index is 764. The lowest BCUT2D eigenvalue weighted by Gasteiger charge is -2.37. The molecule has 1 unspecified atom stereocenters. The van der Waals surface area contributed by atoms with E-state index in [0.717, 1.165) is 18.5 Å². The molecule has 0 bridgehead atoms.